The number of carbonyl (C=O) groups is 1. The Kier molecular flexibility index (Phi) is 5.77. The smallest absolute Gasteiger partial charge is 0.320 e. The summed E-state index contributed by atoms with van der Waals surface area (Å²) in [6.45, 7) is 1.16. The molecule has 0 spiro atoms. The molecule has 0 radical (unpaired) electrons. The summed E-state index contributed by atoms with van der Waals surface area (Å²) in [4.78, 5) is 18.9. The zero-order chi connectivity index (χ0) is 17.3. The summed E-state index contributed by atoms with van der Waals surface area (Å²) in [6.07, 6.45) is 2.50. The Labute approximate surface area is 148 Å². The molecule has 3 aromatic rings. The van der Waals surface area contributed by atoms with Crippen molar-refractivity contribution in [3.8, 4) is 0 Å². The van der Waals surface area contributed by atoms with Gasteiger partial charge >= 0.3 is 6.03 Å². The number of pyridine rings is 1. The normalized spacial score (nSPS) is 10.2. The molecule has 0 saturated heterocycles. The van der Waals surface area contributed by atoms with Gasteiger partial charge in [0.1, 0.15) is 0 Å². The number of nitrogens with one attached hydrogen (secondary N) is 1. The van der Waals surface area contributed by atoms with Gasteiger partial charge in [-0.25, -0.2) is 4.79 Å². The second-order valence-corrected chi connectivity index (χ2v) is 5.77. The molecule has 0 aliphatic heterocycles. The third-order valence-electron chi connectivity index (χ3n) is 3.89. The molecular weight excluding hydrogens is 310 g/mol. The molecule has 1 heterocycles. The zero-order valence-electron chi connectivity index (χ0n) is 14.0. The van der Waals surface area contributed by atoms with E-state index in [2.05, 4.69) is 10.3 Å². The SMILES string of the molecule is O=C(Nc1ccccc1)N(CCc1ccccn1)Cc1ccccc1. The Hall–Kier alpha value is -3.14. The highest BCUT2D eigenvalue weighted by Crippen LogP contribution is 2.11. The second kappa shape index (κ2) is 8.64. The molecular formula is C21H21N3O. The molecule has 0 aliphatic carbocycles. The first kappa shape index (κ1) is 16.7. The summed E-state index contributed by atoms with van der Waals surface area (Å²) in [6, 6.07) is 25.3. The summed E-state index contributed by atoms with van der Waals surface area (Å²) in [5.41, 5.74) is 2.88. The molecule has 4 nitrogen and oxygen atoms in total. The highest BCUT2D eigenvalue weighted by atomic mass is 16.2. The Morgan fingerprint density at radius 3 is 2.24 bits per heavy atom. The van der Waals surface area contributed by atoms with Crippen LogP contribution in [0.15, 0.2) is 85.1 Å². The van der Waals surface area contributed by atoms with Crippen LogP contribution in [0.2, 0.25) is 0 Å². The van der Waals surface area contributed by atoms with Crippen LogP contribution in [0.4, 0.5) is 10.5 Å². The number of benzene rings is 2. The predicted molar refractivity (Wildman–Crippen MR) is 100 cm³/mol. The van der Waals surface area contributed by atoms with Gasteiger partial charge in [-0.15, -0.1) is 0 Å². The first-order valence-corrected chi connectivity index (χ1v) is 8.36. The van der Waals surface area contributed by atoms with Gasteiger partial charge in [0.15, 0.2) is 0 Å². The van der Waals surface area contributed by atoms with E-state index < -0.39 is 0 Å². The van der Waals surface area contributed by atoms with E-state index in [1.165, 1.54) is 0 Å². The molecule has 2 aromatic carbocycles. The average molecular weight is 331 g/mol. The molecule has 0 atom stereocenters. The lowest BCUT2D eigenvalue weighted by Gasteiger charge is -2.23. The van der Waals surface area contributed by atoms with Gasteiger partial charge in [0.2, 0.25) is 0 Å². The molecule has 1 aromatic heterocycles. The maximum Gasteiger partial charge on any atom is 0.322 e. The number of hydrogen-bond acceptors (Lipinski definition) is 2. The fourth-order valence-electron chi connectivity index (χ4n) is 2.58. The van der Waals surface area contributed by atoms with E-state index in [1.807, 2.05) is 83.8 Å². The molecule has 0 unspecified atom stereocenters. The molecule has 1 N–H and O–H groups in total. The highest BCUT2D eigenvalue weighted by molar-refractivity contribution is 5.89. The fourth-order valence-corrected chi connectivity index (χ4v) is 2.58. The fraction of sp³-hybridized carbons (Fsp3) is 0.143. The van der Waals surface area contributed by atoms with E-state index in [0.717, 1.165) is 23.4 Å². The van der Waals surface area contributed by atoms with Crippen molar-refractivity contribution in [3.63, 3.8) is 0 Å². The number of rotatable bonds is 6. The monoisotopic (exact) mass is 331 g/mol. The van der Waals surface area contributed by atoms with E-state index in [0.29, 0.717) is 13.1 Å². The summed E-state index contributed by atoms with van der Waals surface area (Å²) in [5, 5.41) is 2.97. The summed E-state index contributed by atoms with van der Waals surface area (Å²) >= 11 is 0. The number of nitrogens with zero attached hydrogens (tertiary/aromatic N) is 2. The number of amides is 2. The van der Waals surface area contributed by atoms with E-state index in [1.54, 1.807) is 6.20 Å². The highest BCUT2D eigenvalue weighted by Gasteiger charge is 2.14. The van der Waals surface area contributed by atoms with Crippen molar-refractivity contribution < 1.29 is 4.79 Å². The lowest BCUT2D eigenvalue weighted by molar-refractivity contribution is 0.209. The van der Waals surface area contributed by atoms with Crippen molar-refractivity contribution >= 4 is 11.7 Å². The van der Waals surface area contributed by atoms with Gasteiger partial charge in [-0.05, 0) is 29.8 Å². The quantitative estimate of drug-likeness (QED) is 0.729. The molecule has 0 bridgehead atoms. The number of urea groups is 1. The van der Waals surface area contributed by atoms with Crippen LogP contribution < -0.4 is 5.32 Å². The van der Waals surface area contributed by atoms with Crippen molar-refractivity contribution in [2.24, 2.45) is 0 Å². The van der Waals surface area contributed by atoms with Gasteiger partial charge in [0.25, 0.3) is 0 Å². The van der Waals surface area contributed by atoms with E-state index in [-0.39, 0.29) is 6.03 Å². The van der Waals surface area contributed by atoms with Crippen LogP contribution in [0.25, 0.3) is 0 Å². The number of anilines is 1. The molecule has 2 amide bonds. The van der Waals surface area contributed by atoms with Crippen LogP contribution >= 0.6 is 0 Å². The summed E-state index contributed by atoms with van der Waals surface area (Å²) in [7, 11) is 0. The van der Waals surface area contributed by atoms with E-state index in [9.17, 15) is 4.79 Å². The van der Waals surface area contributed by atoms with Crippen molar-refractivity contribution in [1.29, 1.82) is 0 Å². The lowest BCUT2D eigenvalue weighted by atomic mass is 10.2. The maximum absolute atomic E-state index is 12.7. The van der Waals surface area contributed by atoms with Crippen molar-refractivity contribution in [2.45, 2.75) is 13.0 Å². The number of hydrogen-bond donors (Lipinski definition) is 1. The minimum atomic E-state index is -0.106. The first-order valence-electron chi connectivity index (χ1n) is 8.36. The van der Waals surface area contributed by atoms with Crippen molar-refractivity contribution in [2.75, 3.05) is 11.9 Å². The minimum Gasteiger partial charge on any atom is -0.320 e. The van der Waals surface area contributed by atoms with Crippen LogP contribution in [0.3, 0.4) is 0 Å². The van der Waals surface area contributed by atoms with Gasteiger partial charge in [-0.1, -0.05) is 54.6 Å². The number of para-hydroxylation sites is 1. The Bertz CT molecular complexity index is 776. The zero-order valence-corrected chi connectivity index (χ0v) is 14.0. The lowest BCUT2D eigenvalue weighted by Crippen LogP contribution is -2.36. The molecule has 0 fully saturated rings. The maximum atomic E-state index is 12.7. The molecule has 4 heteroatoms. The van der Waals surface area contributed by atoms with Gasteiger partial charge in [0, 0.05) is 37.1 Å². The molecule has 25 heavy (non-hydrogen) atoms. The van der Waals surface area contributed by atoms with Crippen LogP contribution in [0.1, 0.15) is 11.3 Å². The summed E-state index contributed by atoms with van der Waals surface area (Å²) in [5.74, 6) is 0. The van der Waals surface area contributed by atoms with Crippen LogP contribution in [0.5, 0.6) is 0 Å². The van der Waals surface area contributed by atoms with Crippen LogP contribution in [-0.2, 0) is 13.0 Å². The van der Waals surface area contributed by atoms with Crippen LogP contribution in [-0.4, -0.2) is 22.5 Å². The van der Waals surface area contributed by atoms with E-state index in [4.69, 9.17) is 0 Å². The topological polar surface area (TPSA) is 45.2 Å². The third kappa shape index (κ3) is 5.18. The predicted octanol–water partition coefficient (Wildman–Crippen LogP) is 4.36. The minimum absolute atomic E-state index is 0.106. The standard InChI is InChI=1S/C21H21N3O/c25-21(23-20-12-5-2-6-13-20)24(17-18-9-3-1-4-10-18)16-14-19-11-7-8-15-22-19/h1-13,15H,14,16-17H2,(H,23,25). The van der Waals surface area contributed by atoms with Crippen LogP contribution in [0, 0.1) is 0 Å². The third-order valence-corrected chi connectivity index (χ3v) is 3.89. The Morgan fingerprint density at radius 1 is 0.880 bits per heavy atom. The molecule has 0 saturated carbocycles. The Balaban J connectivity index is 1.70. The number of aromatic nitrogens is 1. The van der Waals surface area contributed by atoms with E-state index >= 15 is 0 Å². The number of carbonyl (C=O) groups excluding carboxylic acids is 1. The molecule has 126 valence electrons. The second-order valence-electron chi connectivity index (χ2n) is 5.77. The first-order chi connectivity index (χ1) is 12.3. The average Bonchev–Trinajstić information content (AvgIpc) is 2.67. The van der Waals surface area contributed by atoms with Gasteiger partial charge in [0.05, 0.1) is 0 Å². The van der Waals surface area contributed by atoms with Gasteiger partial charge in [-0.2, -0.15) is 0 Å². The van der Waals surface area contributed by atoms with Crippen molar-refractivity contribution in [3.05, 3.63) is 96.3 Å². The molecule has 3 rings (SSSR count). The molecule has 0 aliphatic rings. The van der Waals surface area contributed by atoms with Crippen molar-refractivity contribution in [1.82, 2.24) is 9.88 Å². The van der Waals surface area contributed by atoms with Gasteiger partial charge in [-0.3, -0.25) is 4.98 Å². The Morgan fingerprint density at radius 2 is 1.56 bits per heavy atom. The van der Waals surface area contributed by atoms with Gasteiger partial charge < -0.3 is 10.2 Å². The summed E-state index contributed by atoms with van der Waals surface area (Å²) < 4.78 is 0. The largest absolute Gasteiger partial charge is 0.322 e.